The maximum atomic E-state index is 5.72. The molecule has 0 aromatic heterocycles. The van der Waals surface area contributed by atoms with E-state index in [1.54, 1.807) is 0 Å². The number of guanidine groups is 1. The highest BCUT2D eigenvalue weighted by Crippen LogP contribution is 2.11. The minimum atomic E-state index is 0. The molecule has 7 heteroatoms. The summed E-state index contributed by atoms with van der Waals surface area (Å²) in [6, 6.07) is 10.4. The van der Waals surface area contributed by atoms with E-state index < -0.39 is 0 Å². The van der Waals surface area contributed by atoms with Crippen LogP contribution in [0.5, 0.6) is 0 Å². The van der Waals surface area contributed by atoms with Crippen molar-refractivity contribution in [1.29, 1.82) is 0 Å². The summed E-state index contributed by atoms with van der Waals surface area (Å²) in [7, 11) is 0. The Hall–Kier alpha value is -0.900. The van der Waals surface area contributed by atoms with E-state index in [-0.39, 0.29) is 24.0 Å². The van der Waals surface area contributed by atoms with Gasteiger partial charge in [0, 0.05) is 39.5 Å². The summed E-state index contributed by atoms with van der Waals surface area (Å²) in [5.74, 6) is 0.867. The van der Waals surface area contributed by atoms with Crippen LogP contribution in [0.4, 0.5) is 0 Å². The molecule has 29 heavy (non-hydrogen) atoms. The highest BCUT2D eigenvalue weighted by Gasteiger charge is 2.14. The Morgan fingerprint density at radius 1 is 1.10 bits per heavy atom. The molecule has 0 aliphatic carbocycles. The standard InChI is InChI=1S/C22H37N3O3.HI/c1-2-23-22(25-14-8-16-27-19-21-11-6-17-28-21)24-13-7-15-26-18-12-20-9-4-3-5-10-20;/h3-5,9-10,21H,2,6-8,11-19H2,1H3,(H2,23,24,25);1H. The quantitative estimate of drug-likeness (QED) is 0.171. The minimum absolute atomic E-state index is 0. The second-order valence-electron chi connectivity index (χ2n) is 6.95. The molecule has 1 atom stereocenters. The van der Waals surface area contributed by atoms with E-state index in [1.807, 2.05) is 6.07 Å². The van der Waals surface area contributed by atoms with Crippen LogP contribution in [0.3, 0.4) is 0 Å². The number of nitrogens with one attached hydrogen (secondary N) is 2. The smallest absolute Gasteiger partial charge is 0.191 e. The van der Waals surface area contributed by atoms with Crippen LogP contribution in [0.15, 0.2) is 35.3 Å². The van der Waals surface area contributed by atoms with Crippen LogP contribution in [0.25, 0.3) is 0 Å². The lowest BCUT2D eigenvalue weighted by molar-refractivity contribution is 0.0171. The first-order valence-corrected chi connectivity index (χ1v) is 10.7. The van der Waals surface area contributed by atoms with Crippen LogP contribution in [-0.2, 0) is 20.6 Å². The molecule has 1 aromatic carbocycles. The number of rotatable bonds is 14. The molecule has 1 aromatic rings. The highest BCUT2D eigenvalue weighted by molar-refractivity contribution is 14.0. The van der Waals surface area contributed by atoms with Crippen LogP contribution in [0, 0.1) is 0 Å². The molecular weight excluding hydrogens is 481 g/mol. The van der Waals surface area contributed by atoms with Crippen molar-refractivity contribution in [3.8, 4) is 0 Å². The van der Waals surface area contributed by atoms with E-state index in [0.29, 0.717) is 12.7 Å². The van der Waals surface area contributed by atoms with E-state index >= 15 is 0 Å². The number of hydrogen-bond acceptors (Lipinski definition) is 4. The van der Waals surface area contributed by atoms with E-state index in [9.17, 15) is 0 Å². The molecule has 1 aliphatic rings. The first kappa shape index (κ1) is 26.1. The maximum Gasteiger partial charge on any atom is 0.191 e. The van der Waals surface area contributed by atoms with Gasteiger partial charge in [0.25, 0.3) is 0 Å². The van der Waals surface area contributed by atoms with Gasteiger partial charge in [-0.2, -0.15) is 0 Å². The number of benzene rings is 1. The second kappa shape index (κ2) is 17.9. The molecule has 0 bridgehead atoms. The number of nitrogens with zero attached hydrogens (tertiary/aromatic N) is 1. The number of hydrogen-bond donors (Lipinski definition) is 2. The van der Waals surface area contributed by atoms with Crippen molar-refractivity contribution in [1.82, 2.24) is 10.6 Å². The zero-order chi connectivity index (χ0) is 19.7. The van der Waals surface area contributed by atoms with Gasteiger partial charge in [0.15, 0.2) is 5.96 Å². The normalized spacial score (nSPS) is 16.4. The summed E-state index contributed by atoms with van der Waals surface area (Å²) in [5.41, 5.74) is 1.32. The van der Waals surface area contributed by atoms with Gasteiger partial charge in [0.2, 0.25) is 0 Å². The lowest BCUT2D eigenvalue weighted by Gasteiger charge is -2.12. The third-order valence-electron chi connectivity index (χ3n) is 4.52. The van der Waals surface area contributed by atoms with Crippen molar-refractivity contribution < 1.29 is 14.2 Å². The van der Waals surface area contributed by atoms with Gasteiger partial charge >= 0.3 is 0 Å². The van der Waals surface area contributed by atoms with Gasteiger partial charge in [0.1, 0.15) is 0 Å². The van der Waals surface area contributed by atoms with Crippen LogP contribution in [-0.4, -0.2) is 64.7 Å². The summed E-state index contributed by atoms with van der Waals surface area (Å²) in [5, 5.41) is 6.64. The molecule has 0 radical (unpaired) electrons. The lowest BCUT2D eigenvalue weighted by atomic mass is 10.2. The molecule has 1 unspecified atom stereocenters. The summed E-state index contributed by atoms with van der Waals surface area (Å²) >= 11 is 0. The molecule has 0 amide bonds. The summed E-state index contributed by atoms with van der Waals surface area (Å²) < 4.78 is 16.9. The average Bonchev–Trinajstić information content (AvgIpc) is 3.24. The fourth-order valence-electron chi connectivity index (χ4n) is 3.01. The third-order valence-corrected chi connectivity index (χ3v) is 4.52. The Balaban J connectivity index is 0.00000420. The molecule has 2 N–H and O–H groups in total. The van der Waals surface area contributed by atoms with E-state index in [0.717, 1.165) is 84.1 Å². The topological polar surface area (TPSA) is 64.1 Å². The molecule has 2 rings (SSSR count). The minimum Gasteiger partial charge on any atom is -0.381 e. The van der Waals surface area contributed by atoms with Gasteiger partial charge in [-0.05, 0) is 44.6 Å². The van der Waals surface area contributed by atoms with Crippen molar-refractivity contribution in [2.75, 3.05) is 52.7 Å². The van der Waals surface area contributed by atoms with Crippen molar-refractivity contribution in [2.45, 2.75) is 45.1 Å². The summed E-state index contributed by atoms with van der Waals surface area (Å²) in [4.78, 5) is 4.60. The Kier molecular flexibility index (Phi) is 16.1. The molecule has 166 valence electrons. The molecular formula is C22H38IN3O3. The Morgan fingerprint density at radius 2 is 1.93 bits per heavy atom. The predicted octanol–water partition coefficient (Wildman–Crippen LogP) is 3.39. The molecule has 0 spiro atoms. The zero-order valence-electron chi connectivity index (χ0n) is 17.7. The highest BCUT2D eigenvalue weighted by atomic mass is 127. The van der Waals surface area contributed by atoms with Crippen LogP contribution >= 0.6 is 24.0 Å². The van der Waals surface area contributed by atoms with Crippen LogP contribution in [0.1, 0.15) is 38.2 Å². The molecule has 0 saturated carbocycles. The first-order valence-electron chi connectivity index (χ1n) is 10.7. The van der Waals surface area contributed by atoms with E-state index in [4.69, 9.17) is 14.2 Å². The Bertz CT molecular complexity index is 525. The number of halogens is 1. The lowest BCUT2D eigenvalue weighted by Crippen LogP contribution is -2.38. The number of aliphatic imine (C=N–C) groups is 1. The van der Waals surface area contributed by atoms with Gasteiger partial charge in [-0.25, -0.2) is 0 Å². The summed E-state index contributed by atoms with van der Waals surface area (Å²) in [6.07, 6.45) is 5.44. The van der Waals surface area contributed by atoms with Gasteiger partial charge in [-0.1, -0.05) is 30.3 Å². The largest absolute Gasteiger partial charge is 0.381 e. The molecule has 1 heterocycles. The number of ether oxygens (including phenoxy) is 3. The fourth-order valence-corrected chi connectivity index (χ4v) is 3.01. The maximum absolute atomic E-state index is 5.72. The van der Waals surface area contributed by atoms with E-state index in [2.05, 4.69) is 46.8 Å². The van der Waals surface area contributed by atoms with Crippen molar-refractivity contribution in [2.24, 2.45) is 4.99 Å². The Labute approximate surface area is 193 Å². The Morgan fingerprint density at radius 3 is 2.69 bits per heavy atom. The molecule has 1 aliphatic heterocycles. The second-order valence-corrected chi connectivity index (χ2v) is 6.95. The SMILES string of the molecule is CCNC(=NCCCOCC1CCCO1)NCCCOCCc1ccccc1.I. The molecule has 1 saturated heterocycles. The zero-order valence-corrected chi connectivity index (χ0v) is 20.1. The van der Waals surface area contributed by atoms with Crippen molar-refractivity contribution >= 4 is 29.9 Å². The van der Waals surface area contributed by atoms with E-state index in [1.165, 1.54) is 5.56 Å². The van der Waals surface area contributed by atoms with Crippen molar-refractivity contribution in [3.63, 3.8) is 0 Å². The average molecular weight is 519 g/mol. The van der Waals surface area contributed by atoms with Gasteiger partial charge in [-0.3, -0.25) is 4.99 Å². The monoisotopic (exact) mass is 519 g/mol. The third kappa shape index (κ3) is 13.1. The predicted molar refractivity (Wildman–Crippen MR) is 129 cm³/mol. The van der Waals surface area contributed by atoms with Crippen molar-refractivity contribution in [3.05, 3.63) is 35.9 Å². The molecule has 1 fully saturated rings. The van der Waals surface area contributed by atoms with Gasteiger partial charge < -0.3 is 24.8 Å². The van der Waals surface area contributed by atoms with Gasteiger partial charge in [0.05, 0.1) is 19.3 Å². The van der Waals surface area contributed by atoms with Crippen LogP contribution < -0.4 is 10.6 Å². The molecule has 6 nitrogen and oxygen atoms in total. The first-order chi connectivity index (χ1) is 13.9. The van der Waals surface area contributed by atoms with Gasteiger partial charge in [-0.15, -0.1) is 24.0 Å². The van der Waals surface area contributed by atoms with Crippen LogP contribution in [0.2, 0.25) is 0 Å². The summed E-state index contributed by atoms with van der Waals surface area (Å²) in [6.45, 7) is 8.41. The fraction of sp³-hybridized carbons (Fsp3) is 0.682.